The minimum absolute atomic E-state index is 0.0224. The zero-order valence-electron chi connectivity index (χ0n) is 15.7. The average molecular weight is 365 g/mol. The number of benzene rings is 2. The molecule has 0 aliphatic carbocycles. The van der Waals surface area contributed by atoms with E-state index in [0.717, 1.165) is 37.6 Å². The molecule has 1 atom stereocenters. The van der Waals surface area contributed by atoms with E-state index in [1.165, 1.54) is 4.90 Å². The molecule has 0 radical (unpaired) electrons. The van der Waals surface area contributed by atoms with Crippen molar-refractivity contribution in [1.29, 1.82) is 5.26 Å². The molecule has 1 saturated heterocycles. The molecular weight excluding hydrogens is 340 g/mol. The average Bonchev–Trinajstić information content (AvgIpc) is 2.73. The van der Waals surface area contributed by atoms with Crippen LogP contribution in [0.1, 0.15) is 12.5 Å². The Morgan fingerprint density at radius 3 is 2.67 bits per heavy atom. The molecule has 1 heterocycles. The molecule has 1 aliphatic heterocycles. The summed E-state index contributed by atoms with van der Waals surface area (Å²) in [5.74, 6) is 0.856. The minimum atomic E-state index is -0.157. The molecule has 6 heteroatoms. The number of nitrogens with zero attached hydrogens (tertiary/aromatic N) is 2. The van der Waals surface area contributed by atoms with E-state index in [1.807, 2.05) is 25.1 Å². The SMILES string of the molecule is COc1ccccc1N1CC[NH+]([C@H](C)C(=O)Nc2cccc(C#N)c2)CC1. The monoisotopic (exact) mass is 365 g/mol. The van der Waals surface area contributed by atoms with Crippen LogP contribution in [0.25, 0.3) is 0 Å². The standard InChI is InChI=1S/C21H24N4O2/c1-16(21(26)23-18-7-5-6-17(14-18)15-22)24-10-12-25(13-11-24)19-8-3-4-9-20(19)27-2/h3-9,14,16H,10-13H2,1-2H3,(H,23,26)/p+1/t16-/m1/s1. The van der Waals surface area contributed by atoms with Crippen LogP contribution in [0.3, 0.4) is 0 Å². The Bertz CT molecular complexity index is 838. The molecule has 0 unspecified atom stereocenters. The van der Waals surface area contributed by atoms with Gasteiger partial charge in [0.15, 0.2) is 6.04 Å². The largest absolute Gasteiger partial charge is 0.495 e. The lowest BCUT2D eigenvalue weighted by Gasteiger charge is -2.36. The molecule has 2 aromatic carbocycles. The Balaban J connectivity index is 1.58. The minimum Gasteiger partial charge on any atom is -0.495 e. The quantitative estimate of drug-likeness (QED) is 0.838. The van der Waals surface area contributed by atoms with Gasteiger partial charge in [0.05, 0.1) is 50.6 Å². The first-order valence-corrected chi connectivity index (χ1v) is 9.16. The number of quaternary nitrogens is 1. The fourth-order valence-corrected chi connectivity index (χ4v) is 3.46. The summed E-state index contributed by atoms with van der Waals surface area (Å²) in [4.78, 5) is 16.2. The summed E-state index contributed by atoms with van der Waals surface area (Å²) in [7, 11) is 1.69. The van der Waals surface area contributed by atoms with Gasteiger partial charge in [-0.25, -0.2) is 0 Å². The predicted molar refractivity (Wildman–Crippen MR) is 105 cm³/mol. The smallest absolute Gasteiger partial charge is 0.282 e. The third-order valence-corrected chi connectivity index (χ3v) is 5.10. The van der Waals surface area contributed by atoms with Crippen molar-refractivity contribution in [3.63, 3.8) is 0 Å². The van der Waals surface area contributed by atoms with Gasteiger partial charge in [-0.05, 0) is 37.3 Å². The summed E-state index contributed by atoms with van der Waals surface area (Å²) in [5, 5.41) is 11.9. The summed E-state index contributed by atoms with van der Waals surface area (Å²) in [6.07, 6.45) is 0. The molecule has 6 nitrogen and oxygen atoms in total. The number of carbonyl (C=O) groups excluding carboxylic acids is 1. The van der Waals surface area contributed by atoms with E-state index in [9.17, 15) is 4.79 Å². The van der Waals surface area contributed by atoms with Gasteiger partial charge in [0, 0.05) is 5.69 Å². The Morgan fingerprint density at radius 2 is 1.96 bits per heavy atom. The zero-order chi connectivity index (χ0) is 19.2. The number of hydrogen-bond donors (Lipinski definition) is 2. The first kappa shape index (κ1) is 18.7. The molecule has 0 spiro atoms. The first-order chi connectivity index (χ1) is 13.1. The van der Waals surface area contributed by atoms with E-state index >= 15 is 0 Å². The second-order valence-corrected chi connectivity index (χ2v) is 6.72. The van der Waals surface area contributed by atoms with Gasteiger partial charge in [-0.3, -0.25) is 4.79 Å². The normalized spacial score (nSPS) is 15.7. The van der Waals surface area contributed by atoms with Crippen LogP contribution in [0.2, 0.25) is 0 Å². The number of anilines is 2. The molecule has 0 aromatic heterocycles. The van der Waals surface area contributed by atoms with Crippen LogP contribution < -0.4 is 19.9 Å². The van der Waals surface area contributed by atoms with Gasteiger partial charge < -0.3 is 19.9 Å². The number of nitrogens with one attached hydrogen (secondary N) is 2. The fraction of sp³-hybridized carbons (Fsp3) is 0.333. The predicted octanol–water partition coefficient (Wildman–Crippen LogP) is 1.30. The Kier molecular flexibility index (Phi) is 5.94. The van der Waals surface area contributed by atoms with Crippen LogP contribution in [0, 0.1) is 11.3 Å². The van der Waals surface area contributed by atoms with E-state index in [0.29, 0.717) is 11.3 Å². The molecule has 140 valence electrons. The van der Waals surface area contributed by atoms with Crippen molar-refractivity contribution in [3.8, 4) is 11.8 Å². The first-order valence-electron chi connectivity index (χ1n) is 9.16. The molecule has 2 aromatic rings. The summed E-state index contributed by atoms with van der Waals surface area (Å²) >= 11 is 0. The maximum atomic E-state index is 12.6. The van der Waals surface area contributed by atoms with Gasteiger partial charge in [0.1, 0.15) is 5.75 Å². The van der Waals surface area contributed by atoms with E-state index < -0.39 is 0 Å². The van der Waals surface area contributed by atoms with E-state index in [2.05, 4.69) is 22.4 Å². The van der Waals surface area contributed by atoms with E-state index in [4.69, 9.17) is 10.00 Å². The summed E-state index contributed by atoms with van der Waals surface area (Å²) in [6, 6.07) is 17.0. The highest BCUT2D eigenvalue weighted by molar-refractivity contribution is 5.93. The molecule has 2 N–H and O–H groups in total. The summed E-state index contributed by atoms with van der Waals surface area (Å²) < 4.78 is 5.46. The van der Waals surface area contributed by atoms with Gasteiger partial charge in [0.2, 0.25) is 0 Å². The van der Waals surface area contributed by atoms with Gasteiger partial charge in [-0.2, -0.15) is 5.26 Å². The molecule has 27 heavy (non-hydrogen) atoms. The molecular formula is C21H25N4O2+. The molecule has 0 bridgehead atoms. The van der Waals surface area contributed by atoms with Crippen molar-refractivity contribution in [1.82, 2.24) is 0 Å². The summed E-state index contributed by atoms with van der Waals surface area (Å²) in [5.41, 5.74) is 2.31. The maximum absolute atomic E-state index is 12.6. The van der Waals surface area contributed by atoms with Crippen molar-refractivity contribution in [3.05, 3.63) is 54.1 Å². The highest BCUT2D eigenvalue weighted by atomic mass is 16.5. The van der Waals surface area contributed by atoms with Crippen molar-refractivity contribution in [2.75, 3.05) is 43.5 Å². The van der Waals surface area contributed by atoms with Crippen LogP contribution >= 0.6 is 0 Å². The number of hydrogen-bond acceptors (Lipinski definition) is 4. The zero-order valence-corrected chi connectivity index (χ0v) is 15.7. The number of amides is 1. The van der Waals surface area contributed by atoms with Gasteiger partial charge in [-0.15, -0.1) is 0 Å². The highest BCUT2D eigenvalue weighted by Gasteiger charge is 2.30. The number of carbonyl (C=O) groups is 1. The third kappa shape index (κ3) is 4.39. The van der Waals surface area contributed by atoms with E-state index in [-0.39, 0.29) is 11.9 Å². The molecule has 3 rings (SSSR count). The number of rotatable bonds is 5. The third-order valence-electron chi connectivity index (χ3n) is 5.10. The van der Waals surface area contributed by atoms with Crippen LogP contribution in [0.4, 0.5) is 11.4 Å². The molecule has 1 fully saturated rings. The van der Waals surface area contributed by atoms with Gasteiger partial charge in [-0.1, -0.05) is 18.2 Å². The number of ether oxygens (including phenoxy) is 1. The second kappa shape index (κ2) is 8.56. The number of methoxy groups -OCH3 is 1. The van der Waals surface area contributed by atoms with Gasteiger partial charge >= 0.3 is 0 Å². The lowest BCUT2D eigenvalue weighted by atomic mass is 10.1. The van der Waals surface area contributed by atoms with Crippen LogP contribution in [-0.2, 0) is 4.79 Å². The molecule has 1 amide bonds. The topological polar surface area (TPSA) is 69.8 Å². The number of nitriles is 1. The second-order valence-electron chi connectivity index (χ2n) is 6.72. The highest BCUT2D eigenvalue weighted by Crippen LogP contribution is 2.27. The maximum Gasteiger partial charge on any atom is 0.282 e. The van der Waals surface area contributed by atoms with Crippen molar-refractivity contribution in [2.24, 2.45) is 0 Å². The van der Waals surface area contributed by atoms with Crippen LogP contribution in [0.5, 0.6) is 5.75 Å². The summed E-state index contributed by atoms with van der Waals surface area (Å²) in [6.45, 7) is 5.46. The fourth-order valence-electron chi connectivity index (χ4n) is 3.46. The lowest BCUT2D eigenvalue weighted by Crippen LogP contribution is -3.19. The van der Waals surface area contributed by atoms with Gasteiger partial charge in [0.25, 0.3) is 5.91 Å². The van der Waals surface area contributed by atoms with Crippen LogP contribution in [0.15, 0.2) is 48.5 Å². The van der Waals surface area contributed by atoms with Crippen molar-refractivity contribution < 1.29 is 14.4 Å². The Morgan fingerprint density at radius 1 is 1.22 bits per heavy atom. The number of para-hydroxylation sites is 2. The van der Waals surface area contributed by atoms with Crippen molar-refractivity contribution in [2.45, 2.75) is 13.0 Å². The van der Waals surface area contributed by atoms with E-state index in [1.54, 1.807) is 31.4 Å². The Hall–Kier alpha value is -3.04. The van der Waals surface area contributed by atoms with Crippen LogP contribution in [-0.4, -0.2) is 45.2 Å². The number of piperazine rings is 1. The lowest BCUT2D eigenvalue weighted by molar-refractivity contribution is -0.914. The Labute approximate surface area is 160 Å². The molecule has 0 saturated carbocycles. The van der Waals surface area contributed by atoms with Crippen molar-refractivity contribution >= 4 is 17.3 Å². The molecule has 1 aliphatic rings.